The third-order valence-electron chi connectivity index (χ3n) is 4.10. The Morgan fingerprint density at radius 2 is 1.90 bits per heavy atom. The topological polar surface area (TPSA) is 55.8 Å². The van der Waals surface area contributed by atoms with E-state index in [1.165, 1.54) is 7.11 Å². The van der Waals surface area contributed by atoms with Crippen LogP contribution in [0.2, 0.25) is 18.1 Å². The molecule has 0 bridgehead atoms. The average Bonchev–Trinajstić information content (AvgIpc) is 2.32. The summed E-state index contributed by atoms with van der Waals surface area (Å²) in [5, 5.41) is 10.4. The standard InChI is InChI=1S/C15H30O4Si/c1-9-10-12(14(17)18-6)13(16)11(2)19-20(7,8)15(3,4)5/h9,11-13,16H,1,10H2,2-8H3/t11-,12?,13?/m0/s1. The Morgan fingerprint density at radius 1 is 1.40 bits per heavy atom. The molecule has 0 aliphatic rings. The molecule has 20 heavy (non-hydrogen) atoms. The first-order valence-corrected chi connectivity index (χ1v) is 9.93. The predicted octanol–water partition coefficient (Wildman–Crippen LogP) is 3.12. The van der Waals surface area contributed by atoms with Gasteiger partial charge in [-0.15, -0.1) is 6.58 Å². The third kappa shape index (κ3) is 5.03. The zero-order valence-corrected chi connectivity index (χ0v) is 14.9. The highest BCUT2D eigenvalue weighted by Crippen LogP contribution is 2.38. The Labute approximate surface area is 124 Å². The summed E-state index contributed by atoms with van der Waals surface area (Å²) >= 11 is 0. The number of aliphatic hydroxyl groups is 1. The highest BCUT2D eigenvalue weighted by molar-refractivity contribution is 6.74. The highest BCUT2D eigenvalue weighted by Gasteiger charge is 2.41. The Morgan fingerprint density at radius 3 is 2.25 bits per heavy atom. The van der Waals surface area contributed by atoms with E-state index in [9.17, 15) is 9.90 Å². The van der Waals surface area contributed by atoms with E-state index in [0.717, 1.165) is 0 Å². The van der Waals surface area contributed by atoms with E-state index in [1.54, 1.807) is 6.08 Å². The minimum absolute atomic E-state index is 0.0557. The lowest BCUT2D eigenvalue weighted by Gasteiger charge is -2.40. The molecule has 0 aliphatic carbocycles. The van der Waals surface area contributed by atoms with Gasteiger partial charge >= 0.3 is 5.97 Å². The summed E-state index contributed by atoms with van der Waals surface area (Å²) in [6, 6.07) is 0. The van der Waals surface area contributed by atoms with Crippen molar-refractivity contribution in [2.24, 2.45) is 5.92 Å². The molecule has 0 aromatic heterocycles. The van der Waals surface area contributed by atoms with Crippen molar-refractivity contribution >= 4 is 14.3 Å². The van der Waals surface area contributed by atoms with Crippen LogP contribution in [0.1, 0.15) is 34.1 Å². The van der Waals surface area contributed by atoms with E-state index < -0.39 is 32.4 Å². The number of rotatable bonds is 7. The van der Waals surface area contributed by atoms with Crippen LogP contribution in [0, 0.1) is 5.92 Å². The van der Waals surface area contributed by atoms with Crippen LogP contribution in [0.15, 0.2) is 12.7 Å². The van der Waals surface area contributed by atoms with Crippen molar-refractivity contribution in [3.63, 3.8) is 0 Å². The molecule has 0 aliphatic heterocycles. The van der Waals surface area contributed by atoms with Gasteiger partial charge in [0.15, 0.2) is 8.32 Å². The Balaban J connectivity index is 4.94. The van der Waals surface area contributed by atoms with Crippen LogP contribution in [0.3, 0.4) is 0 Å². The van der Waals surface area contributed by atoms with Crippen LogP contribution in [0.25, 0.3) is 0 Å². The number of esters is 1. The highest BCUT2D eigenvalue weighted by atomic mass is 28.4. The number of hydrogen-bond donors (Lipinski definition) is 1. The van der Waals surface area contributed by atoms with Gasteiger partial charge in [-0.1, -0.05) is 26.8 Å². The second-order valence-corrected chi connectivity index (χ2v) is 11.5. The Kier molecular flexibility index (Phi) is 7.14. The van der Waals surface area contributed by atoms with Gasteiger partial charge in [0.05, 0.1) is 25.2 Å². The predicted molar refractivity (Wildman–Crippen MR) is 84.1 cm³/mol. The minimum Gasteiger partial charge on any atom is -0.469 e. The van der Waals surface area contributed by atoms with Crippen LogP contribution < -0.4 is 0 Å². The van der Waals surface area contributed by atoms with Crippen molar-refractivity contribution in [2.75, 3.05) is 7.11 Å². The molecule has 0 heterocycles. The maximum Gasteiger partial charge on any atom is 0.311 e. The normalized spacial score (nSPS) is 17.2. The monoisotopic (exact) mass is 302 g/mol. The summed E-state index contributed by atoms with van der Waals surface area (Å²) < 4.78 is 10.9. The van der Waals surface area contributed by atoms with Crippen molar-refractivity contribution < 1.29 is 19.1 Å². The van der Waals surface area contributed by atoms with Crippen LogP contribution in [0.4, 0.5) is 0 Å². The molecule has 0 aromatic carbocycles. The number of carbonyl (C=O) groups is 1. The van der Waals surface area contributed by atoms with Crippen molar-refractivity contribution in [2.45, 2.75) is 64.5 Å². The van der Waals surface area contributed by atoms with Gasteiger partial charge in [-0.3, -0.25) is 4.79 Å². The number of hydrogen-bond acceptors (Lipinski definition) is 4. The molecule has 118 valence electrons. The second kappa shape index (κ2) is 7.38. The molecule has 0 rings (SSSR count). The minimum atomic E-state index is -1.98. The van der Waals surface area contributed by atoms with Gasteiger partial charge in [-0.05, 0) is 31.5 Å². The van der Waals surface area contributed by atoms with Crippen molar-refractivity contribution in [1.82, 2.24) is 0 Å². The summed E-state index contributed by atoms with van der Waals surface area (Å²) in [4.78, 5) is 11.7. The van der Waals surface area contributed by atoms with Gasteiger partial charge in [0.1, 0.15) is 0 Å². The fourth-order valence-electron chi connectivity index (χ4n) is 1.74. The summed E-state index contributed by atoms with van der Waals surface area (Å²) in [6.07, 6.45) is 0.678. The van der Waals surface area contributed by atoms with Crippen molar-refractivity contribution in [3.05, 3.63) is 12.7 Å². The summed E-state index contributed by atoms with van der Waals surface area (Å²) in [5.41, 5.74) is 0. The van der Waals surface area contributed by atoms with Crippen LogP contribution >= 0.6 is 0 Å². The smallest absolute Gasteiger partial charge is 0.311 e. The molecule has 2 unspecified atom stereocenters. The van der Waals surface area contributed by atoms with Gasteiger partial charge in [0.25, 0.3) is 0 Å². The van der Waals surface area contributed by atoms with Crippen LogP contribution in [-0.4, -0.2) is 38.7 Å². The molecule has 1 N–H and O–H groups in total. The van der Waals surface area contributed by atoms with E-state index in [2.05, 4.69) is 40.4 Å². The fraction of sp³-hybridized carbons (Fsp3) is 0.800. The molecule has 0 radical (unpaired) electrons. The van der Waals surface area contributed by atoms with Gasteiger partial charge in [0, 0.05) is 0 Å². The van der Waals surface area contributed by atoms with Crippen LogP contribution in [0.5, 0.6) is 0 Å². The lowest BCUT2D eigenvalue weighted by molar-refractivity contribution is -0.151. The van der Waals surface area contributed by atoms with Crippen molar-refractivity contribution in [3.8, 4) is 0 Å². The molecular weight excluding hydrogens is 272 g/mol. The van der Waals surface area contributed by atoms with E-state index >= 15 is 0 Å². The van der Waals surface area contributed by atoms with Gasteiger partial charge in [0.2, 0.25) is 0 Å². The molecule has 0 fully saturated rings. The second-order valence-electron chi connectivity index (χ2n) is 6.73. The molecule has 4 nitrogen and oxygen atoms in total. The van der Waals surface area contributed by atoms with Crippen LogP contribution in [-0.2, 0) is 14.0 Å². The first kappa shape index (κ1) is 19.3. The lowest BCUT2D eigenvalue weighted by atomic mass is 9.95. The number of aliphatic hydroxyl groups excluding tert-OH is 1. The number of methoxy groups -OCH3 is 1. The van der Waals surface area contributed by atoms with E-state index in [4.69, 9.17) is 9.16 Å². The third-order valence-corrected chi connectivity index (χ3v) is 8.68. The first-order chi connectivity index (χ1) is 8.97. The molecule has 0 saturated heterocycles. The molecular formula is C15H30O4Si. The zero-order valence-electron chi connectivity index (χ0n) is 13.9. The SMILES string of the molecule is C=CCC(C(=O)OC)C(O)[C@H](C)O[Si](C)(C)C(C)(C)C. The summed E-state index contributed by atoms with van der Waals surface area (Å²) in [5.74, 6) is -1.06. The zero-order chi connectivity index (χ0) is 16.1. The van der Waals surface area contributed by atoms with E-state index in [1.807, 2.05) is 6.92 Å². The van der Waals surface area contributed by atoms with Gasteiger partial charge in [-0.25, -0.2) is 0 Å². The van der Waals surface area contributed by atoms with Gasteiger partial charge < -0.3 is 14.3 Å². The molecule has 0 saturated carbocycles. The quantitative estimate of drug-likeness (QED) is 0.446. The fourth-order valence-corrected chi connectivity index (χ4v) is 3.17. The average molecular weight is 302 g/mol. The largest absolute Gasteiger partial charge is 0.469 e. The number of ether oxygens (including phenoxy) is 1. The van der Waals surface area contributed by atoms with Crippen molar-refractivity contribution in [1.29, 1.82) is 0 Å². The molecule has 0 spiro atoms. The lowest BCUT2D eigenvalue weighted by Crippen LogP contribution is -2.48. The Bertz CT molecular complexity index is 333. The van der Waals surface area contributed by atoms with Gasteiger partial charge in [-0.2, -0.15) is 0 Å². The number of carbonyl (C=O) groups excluding carboxylic acids is 1. The Hall–Kier alpha value is -0.653. The maximum absolute atomic E-state index is 11.7. The number of allylic oxidation sites excluding steroid dienone is 1. The molecule has 5 heteroatoms. The van der Waals surface area contributed by atoms with E-state index in [0.29, 0.717) is 6.42 Å². The van der Waals surface area contributed by atoms with E-state index in [-0.39, 0.29) is 5.04 Å². The first-order valence-electron chi connectivity index (χ1n) is 7.02. The molecule has 0 amide bonds. The summed E-state index contributed by atoms with van der Waals surface area (Å²) in [6.45, 7) is 16.1. The maximum atomic E-state index is 11.7. The summed E-state index contributed by atoms with van der Waals surface area (Å²) in [7, 11) is -0.659. The molecule has 3 atom stereocenters. The molecule has 0 aromatic rings.